The number of hydrogen-bond donors (Lipinski definition) is 2. The molecule has 0 radical (unpaired) electrons. The number of carbonyl (C=O) groups excluding carboxylic acids is 1. The molecule has 0 aliphatic carbocycles. The number of allylic oxidation sites excluding steroid dienone is 1. The fourth-order valence-corrected chi connectivity index (χ4v) is 6.76. The third-order valence-corrected chi connectivity index (χ3v) is 8.97. The lowest BCUT2D eigenvalue weighted by atomic mass is 9.99. The maximum absolute atomic E-state index is 12.5. The Bertz CT molecular complexity index is 1360. The topological polar surface area (TPSA) is 80.9 Å². The molecule has 5 nitrogen and oxygen atoms in total. The number of thiophene rings is 1. The predicted octanol–water partition coefficient (Wildman–Crippen LogP) is 10.8. The van der Waals surface area contributed by atoms with Crippen molar-refractivity contribution in [2.24, 2.45) is 0 Å². The van der Waals surface area contributed by atoms with Crippen molar-refractivity contribution >= 4 is 68.0 Å². The van der Waals surface area contributed by atoms with E-state index in [-0.39, 0.29) is 5.91 Å². The van der Waals surface area contributed by atoms with Gasteiger partial charge in [-0.15, -0.1) is 52.8 Å². The van der Waals surface area contributed by atoms with Gasteiger partial charge in [0.1, 0.15) is 15.5 Å². The fraction of sp³-hybridized carbons (Fsp3) is 0.364. The molecule has 3 heterocycles. The van der Waals surface area contributed by atoms with E-state index in [2.05, 4.69) is 37.7 Å². The van der Waals surface area contributed by atoms with E-state index in [0.717, 1.165) is 60.5 Å². The molecule has 3 N–H and O–H groups in total. The van der Waals surface area contributed by atoms with Crippen LogP contribution in [0.5, 0.6) is 0 Å². The van der Waals surface area contributed by atoms with Gasteiger partial charge >= 0.3 is 0 Å². The molecule has 9 heteroatoms. The quantitative estimate of drug-likeness (QED) is 0.102. The lowest BCUT2D eigenvalue weighted by Crippen LogP contribution is -2.23. The van der Waals surface area contributed by atoms with E-state index in [0.29, 0.717) is 12.1 Å². The predicted molar refractivity (Wildman–Crippen MR) is 194 cm³/mol. The van der Waals surface area contributed by atoms with E-state index >= 15 is 0 Å². The molecule has 0 unspecified atom stereocenters. The van der Waals surface area contributed by atoms with Crippen LogP contribution in [0.4, 0.5) is 5.69 Å². The van der Waals surface area contributed by atoms with Crippen LogP contribution in [0, 0.1) is 0 Å². The normalized spacial score (nSPS) is 10.2. The van der Waals surface area contributed by atoms with Gasteiger partial charge in [0, 0.05) is 29.1 Å². The second-order valence-electron chi connectivity index (χ2n) is 8.57. The summed E-state index contributed by atoms with van der Waals surface area (Å²) in [6.07, 6.45) is 11.1. The number of anilines is 1. The van der Waals surface area contributed by atoms with Gasteiger partial charge in [-0.2, -0.15) is 0 Å². The third kappa shape index (κ3) is 11.6. The maximum Gasteiger partial charge on any atom is 0.251 e. The molecule has 1 aromatic carbocycles. The average molecular weight is 643 g/mol. The smallest absolute Gasteiger partial charge is 0.251 e. The highest BCUT2D eigenvalue weighted by atomic mass is 32.2. The van der Waals surface area contributed by atoms with E-state index in [1.54, 1.807) is 58.5 Å². The van der Waals surface area contributed by atoms with Crippen molar-refractivity contribution in [3.05, 3.63) is 71.6 Å². The third-order valence-electron chi connectivity index (χ3n) is 5.16. The summed E-state index contributed by atoms with van der Waals surface area (Å²) in [6, 6.07) is 9.65. The molecule has 0 saturated carbocycles. The number of thioether (sulfide) groups is 2. The number of nitrogens with zero attached hydrogens (tertiary/aromatic N) is 2. The molecule has 42 heavy (non-hydrogen) atoms. The van der Waals surface area contributed by atoms with Crippen LogP contribution < -0.4 is 11.1 Å². The summed E-state index contributed by atoms with van der Waals surface area (Å²) < 4.78 is 1.10. The number of nitrogens with two attached hydrogens (primary N) is 1. The Morgan fingerprint density at radius 2 is 1.93 bits per heavy atom. The van der Waals surface area contributed by atoms with E-state index in [4.69, 9.17) is 10.7 Å². The SMILES string of the molecule is C/C=C\SC.C=CCNC(=O)c1cccc(-c2cc(-c3nccs3)nc3sc(SCCCC)c(N)c23)c1.CC.CCC. The number of fused-ring (bicyclic) bond motifs is 1. The minimum Gasteiger partial charge on any atom is -0.397 e. The Labute approximate surface area is 269 Å². The molecule has 0 saturated heterocycles. The summed E-state index contributed by atoms with van der Waals surface area (Å²) in [5.41, 5.74) is 10.7. The lowest BCUT2D eigenvalue weighted by molar-refractivity contribution is 0.0958. The summed E-state index contributed by atoms with van der Waals surface area (Å²) in [6.45, 7) is 16.5. The summed E-state index contributed by atoms with van der Waals surface area (Å²) >= 11 is 6.69. The Kier molecular flexibility index (Phi) is 19.6. The molecule has 4 rings (SSSR count). The van der Waals surface area contributed by atoms with Crippen molar-refractivity contribution in [2.45, 2.75) is 65.0 Å². The number of amides is 1. The first-order valence-electron chi connectivity index (χ1n) is 14.3. The number of nitrogen functional groups attached to an aromatic ring is 1. The Balaban J connectivity index is 0.000000774. The van der Waals surface area contributed by atoms with E-state index in [1.165, 1.54) is 6.42 Å². The summed E-state index contributed by atoms with van der Waals surface area (Å²) in [7, 11) is 0. The van der Waals surface area contributed by atoms with Gasteiger partial charge in [-0.1, -0.05) is 71.7 Å². The molecule has 1 amide bonds. The molecule has 0 fully saturated rings. The van der Waals surface area contributed by atoms with Crippen LogP contribution >= 0.6 is 46.2 Å². The fourth-order valence-electron chi connectivity index (χ4n) is 3.44. The molecule has 0 spiro atoms. The summed E-state index contributed by atoms with van der Waals surface area (Å²) in [5.74, 6) is 0.896. The van der Waals surface area contributed by atoms with Crippen molar-refractivity contribution in [3.8, 4) is 21.8 Å². The van der Waals surface area contributed by atoms with Crippen molar-refractivity contribution in [1.29, 1.82) is 0 Å². The summed E-state index contributed by atoms with van der Waals surface area (Å²) in [4.78, 5) is 22.8. The van der Waals surface area contributed by atoms with Gasteiger partial charge in [-0.05, 0) is 60.1 Å². The van der Waals surface area contributed by atoms with Crippen LogP contribution in [-0.2, 0) is 0 Å². The first kappa shape index (κ1) is 37.4. The van der Waals surface area contributed by atoms with E-state index in [1.807, 2.05) is 74.2 Å². The van der Waals surface area contributed by atoms with Crippen molar-refractivity contribution in [1.82, 2.24) is 15.3 Å². The highest BCUT2D eigenvalue weighted by Gasteiger charge is 2.19. The number of aromatic nitrogens is 2. The standard InChI is InChI=1S/C24H24N4OS3.C4H8S.C3H8.C2H6/c1-3-5-11-31-24-20(25)19-17(14-18(28-23(19)32-24)22-27-10-12-30-22)15-7-6-8-16(13-15)21(29)26-9-4-2;1-3-4-5-2;1-3-2;1-2/h4,6-8,10,12-14H,2-3,5,9,11,25H2,1H3,(H,26,29);3-4H,1-2H3;3H2,1-2H3;1-2H3/b;4-3-;;. The Hall–Kier alpha value is -2.59. The highest BCUT2D eigenvalue weighted by Crippen LogP contribution is 2.45. The van der Waals surface area contributed by atoms with Gasteiger partial charge in [-0.25, -0.2) is 9.97 Å². The molecule has 0 aliphatic rings. The van der Waals surface area contributed by atoms with Crippen LogP contribution in [0.25, 0.3) is 32.0 Å². The number of nitrogens with one attached hydrogen (secondary N) is 1. The molecule has 0 atom stereocenters. The molecule has 0 bridgehead atoms. The number of rotatable bonds is 10. The summed E-state index contributed by atoms with van der Waals surface area (Å²) in [5, 5.41) is 8.63. The number of carbonyl (C=O) groups is 1. The second kappa shape index (κ2) is 22.0. The van der Waals surface area contributed by atoms with Crippen LogP contribution in [0.2, 0.25) is 0 Å². The highest BCUT2D eigenvalue weighted by molar-refractivity contribution is 8.01. The van der Waals surface area contributed by atoms with Crippen molar-refractivity contribution in [2.75, 3.05) is 24.3 Å². The van der Waals surface area contributed by atoms with Crippen molar-refractivity contribution in [3.63, 3.8) is 0 Å². The molecule has 0 aliphatic heterocycles. The lowest BCUT2D eigenvalue weighted by Gasteiger charge is -2.09. The number of thiazole rings is 1. The zero-order valence-corrected chi connectivity index (χ0v) is 29.3. The molecular weight excluding hydrogens is 597 g/mol. The van der Waals surface area contributed by atoms with Gasteiger partial charge in [0.05, 0.1) is 9.90 Å². The minimum atomic E-state index is -0.133. The van der Waals surface area contributed by atoms with Gasteiger partial charge < -0.3 is 11.1 Å². The number of pyridine rings is 1. The van der Waals surface area contributed by atoms with E-state index in [9.17, 15) is 4.79 Å². The van der Waals surface area contributed by atoms with Gasteiger partial charge in [0.25, 0.3) is 5.91 Å². The van der Waals surface area contributed by atoms with Crippen LogP contribution in [-0.4, -0.2) is 34.4 Å². The number of hydrogen-bond acceptors (Lipinski definition) is 8. The maximum atomic E-state index is 12.5. The molecule has 4 aromatic rings. The molecule has 228 valence electrons. The Morgan fingerprint density at radius 3 is 2.50 bits per heavy atom. The minimum absolute atomic E-state index is 0.133. The molecule has 3 aromatic heterocycles. The van der Waals surface area contributed by atoms with Crippen LogP contribution in [0.3, 0.4) is 0 Å². The monoisotopic (exact) mass is 642 g/mol. The zero-order valence-electron chi connectivity index (χ0n) is 26.0. The van der Waals surface area contributed by atoms with Gasteiger partial charge in [-0.3, -0.25) is 4.79 Å². The zero-order chi connectivity index (χ0) is 31.3. The Morgan fingerprint density at radius 1 is 1.19 bits per heavy atom. The van der Waals surface area contributed by atoms with E-state index < -0.39 is 0 Å². The largest absolute Gasteiger partial charge is 0.397 e. The number of unbranched alkanes of at least 4 members (excludes halogenated alkanes) is 1. The van der Waals surface area contributed by atoms with Crippen LogP contribution in [0.15, 0.2) is 70.3 Å². The molecular formula is C33H46N4OS4. The first-order chi connectivity index (χ1) is 20.4. The van der Waals surface area contributed by atoms with Gasteiger partial charge in [0.15, 0.2) is 0 Å². The van der Waals surface area contributed by atoms with Crippen molar-refractivity contribution < 1.29 is 4.79 Å². The first-order valence-corrected chi connectivity index (χ1v) is 18.3. The average Bonchev–Trinajstić information content (AvgIpc) is 3.66. The number of benzene rings is 1. The van der Waals surface area contributed by atoms with Gasteiger partial charge in [0.2, 0.25) is 0 Å². The van der Waals surface area contributed by atoms with Crippen LogP contribution in [0.1, 0.15) is 71.2 Å². The second-order valence-corrected chi connectivity index (χ2v) is 12.6.